The van der Waals surface area contributed by atoms with Crippen molar-refractivity contribution in [1.29, 1.82) is 0 Å². The maximum absolute atomic E-state index is 11.4. The molecule has 0 aliphatic heterocycles. The summed E-state index contributed by atoms with van der Waals surface area (Å²) in [6.07, 6.45) is 0.915. The molecule has 0 unspecified atom stereocenters. The molecule has 0 aromatic heterocycles. The largest absolute Gasteiger partial charge is 0.299 e. The molecule has 0 atom stereocenters. The normalized spacial score (nSPS) is 8.93. The monoisotopic (exact) mass is 478 g/mol. The van der Waals surface area contributed by atoms with Gasteiger partial charge in [0.2, 0.25) is 0 Å². The number of carbonyl (C=O) groups excluding carboxylic acids is 4. The number of carbonyl (C=O) groups is 4. The average Bonchev–Trinajstić information content (AvgIpc) is 2.69. The van der Waals surface area contributed by atoms with E-state index < -0.39 is 0 Å². The first kappa shape index (κ1) is 28.4. The fourth-order valence-corrected chi connectivity index (χ4v) is 2.06. The quantitative estimate of drug-likeness (QED) is 0.318. The van der Waals surface area contributed by atoms with Gasteiger partial charge in [-0.2, -0.15) is 0 Å². The molecule has 0 amide bonds. The molecule has 0 aliphatic rings. The number of ketones is 4. The third kappa shape index (κ3) is 11.1. The first-order valence-corrected chi connectivity index (χ1v) is 8.67. The summed E-state index contributed by atoms with van der Waals surface area (Å²) in [5, 5.41) is 0. The Kier molecular flexibility index (Phi) is 16.4. The van der Waals surface area contributed by atoms with E-state index in [2.05, 4.69) is 0 Å². The van der Waals surface area contributed by atoms with Gasteiger partial charge in [-0.25, -0.2) is 0 Å². The Morgan fingerprint density at radius 2 is 0.857 bits per heavy atom. The fraction of sp³-hybridized carbons (Fsp3) is 0.273. The van der Waals surface area contributed by atoms with Crippen LogP contribution >= 0.6 is 0 Å². The predicted molar refractivity (Wildman–Crippen MR) is 101 cm³/mol. The minimum absolute atomic E-state index is 0. The van der Waals surface area contributed by atoms with E-state index in [0.29, 0.717) is 24.0 Å². The van der Waals surface area contributed by atoms with Crippen LogP contribution in [0.1, 0.15) is 60.2 Å². The van der Waals surface area contributed by atoms with E-state index in [4.69, 9.17) is 0 Å². The summed E-state index contributed by atoms with van der Waals surface area (Å²) in [6.45, 7) is 3.53. The van der Waals surface area contributed by atoms with Crippen molar-refractivity contribution in [2.45, 2.75) is 39.5 Å². The van der Waals surface area contributed by atoms with Gasteiger partial charge < -0.3 is 0 Å². The van der Waals surface area contributed by atoms with Crippen LogP contribution in [0.15, 0.2) is 60.7 Å². The molecule has 2 aromatic rings. The number of rotatable bonds is 8. The Labute approximate surface area is 187 Å². The number of hydrogen-bond acceptors (Lipinski definition) is 4. The van der Waals surface area contributed by atoms with Crippen LogP contribution in [0.25, 0.3) is 0 Å². The van der Waals surface area contributed by atoms with Gasteiger partial charge in [-0.15, -0.1) is 0 Å². The van der Waals surface area contributed by atoms with E-state index in [1.165, 1.54) is 0 Å². The minimum Gasteiger partial charge on any atom is -0.299 e. The molecule has 6 heteroatoms. The number of hydrogen-bond donors (Lipinski definition) is 0. The van der Waals surface area contributed by atoms with Gasteiger partial charge in [0.25, 0.3) is 0 Å². The van der Waals surface area contributed by atoms with E-state index in [9.17, 15) is 19.2 Å². The standard InChI is InChI=1S/2C11H12O2.2Cu/c2*1-2-10(12)8-11(13)9-6-4-3-5-7-9;;/h2*3-7H,2,8H2,1H3;;. The van der Waals surface area contributed by atoms with Crippen molar-refractivity contribution >= 4 is 23.1 Å². The van der Waals surface area contributed by atoms with E-state index in [0.717, 1.165) is 0 Å². The summed E-state index contributed by atoms with van der Waals surface area (Å²) in [5.74, 6) is -0.192. The third-order valence-electron chi connectivity index (χ3n) is 3.70. The second kappa shape index (κ2) is 16.1. The molecule has 28 heavy (non-hydrogen) atoms. The van der Waals surface area contributed by atoms with Crippen molar-refractivity contribution < 1.29 is 53.3 Å². The van der Waals surface area contributed by atoms with Crippen molar-refractivity contribution in [3.63, 3.8) is 0 Å². The van der Waals surface area contributed by atoms with Gasteiger partial charge in [0.15, 0.2) is 11.6 Å². The average molecular weight is 480 g/mol. The molecule has 0 bridgehead atoms. The van der Waals surface area contributed by atoms with Gasteiger partial charge in [-0.3, -0.25) is 19.2 Å². The molecular weight excluding hydrogens is 455 g/mol. The summed E-state index contributed by atoms with van der Waals surface area (Å²) in [5.41, 5.74) is 1.23. The van der Waals surface area contributed by atoms with Crippen LogP contribution in [0.2, 0.25) is 0 Å². The van der Waals surface area contributed by atoms with Gasteiger partial charge in [-0.1, -0.05) is 74.5 Å². The zero-order valence-electron chi connectivity index (χ0n) is 15.8. The molecule has 0 fully saturated rings. The first-order valence-electron chi connectivity index (χ1n) is 8.67. The van der Waals surface area contributed by atoms with Crippen molar-refractivity contribution in [2.24, 2.45) is 0 Å². The molecule has 0 spiro atoms. The Hall–Kier alpha value is -1.84. The maximum Gasteiger partial charge on any atom is 0.170 e. The van der Waals surface area contributed by atoms with Crippen LogP contribution in [-0.2, 0) is 43.7 Å². The summed E-state index contributed by atoms with van der Waals surface area (Å²) >= 11 is 0. The van der Waals surface area contributed by atoms with Gasteiger partial charge in [-0.05, 0) is 0 Å². The van der Waals surface area contributed by atoms with Gasteiger partial charge in [0.05, 0.1) is 12.8 Å². The molecule has 2 radical (unpaired) electrons. The van der Waals surface area contributed by atoms with E-state index >= 15 is 0 Å². The van der Waals surface area contributed by atoms with Gasteiger partial charge in [0.1, 0.15) is 11.6 Å². The molecule has 0 saturated heterocycles. The smallest absolute Gasteiger partial charge is 0.170 e. The SMILES string of the molecule is CCC(=O)CC(=O)c1ccccc1.CCC(=O)CC(=O)c1ccccc1.[Cu].[Cu]. The molecule has 0 aliphatic carbocycles. The van der Waals surface area contributed by atoms with Crippen molar-refractivity contribution in [2.75, 3.05) is 0 Å². The predicted octanol–water partition coefficient (Wildman–Crippen LogP) is 4.47. The van der Waals surface area contributed by atoms with Crippen LogP contribution in [0.3, 0.4) is 0 Å². The Morgan fingerprint density at radius 3 is 1.11 bits per heavy atom. The van der Waals surface area contributed by atoms with Crippen LogP contribution in [0.4, 0.5) is 0 Å². The summed E-state index contributed by atoms with van der Waals surface area (Å²) in [7, 11) is 0. The molecule has 2 aromatic carbocycles. The third-order valence-corrected chi connectivity index (χ3v) is 3.70. The topological polar surface area (TPSA) is 68.3 Å². The zero-order valence-corrected chi connectivity index (χ0v) is 17.7. The molecule has 0 N–H and O–H groups in total. The number of benzene rings is 2. The summed E-state index contributed by atoms with van der Waals surface area (Å²) in [6, 6.07) is 17.8. The molecule has 2 rings (SSSR count). The Bertz CT molecular complexity index is 678. The van der Waals surface area contributed by atoms with Gasteiger partial charge >= 0.3 is 0 Å². The minimum atomic E-state index is -0.0903. The van der Waals surface area contributed by atoms with Crippen molar-refractivity contribution in [3.05, 3.63) is 71.8 Å². The maximum atomic E-state index is 11.4. The van der Waals surface area contributed by atoms with Crippen molar-refractivity contribution in [1.82, 2.24) is 0 Å². The Balaban J connectivity index is 0. The molecule has 0 heterocycles. The Morgan fingerprint density at radius 1 is 0.571 bits per heavy atom. The van der Waals surface area contributed by atoms with Crippen LogP contribution in [-0.4, -0.2) is 23.1 Å². The van der Waals surface area contributed by atoms with Crippen LogP contribution < -0.4 is 0 Å². The van der Waals surface area contributed by atoms with Crippen LogP contribution in [0.5, 0.6) is 0 Å². The summed E-state index contributed by atoms with van der Waals surface area (Å²) < 4.78 is 0. The molecule has 0 saturated carbocycles. The first-order chi connectivity index (χ1) is 12.5. The zero-order chi connectivity index (χ0) is 19.4. The molecule has 158 valence electrons. The van der Waals surface area contributed by atoms with E-state index in [1.54, 1.807) is 62.4 Å². The molecule has 4 nitrogen and oxygen atoms in total. The summed E-state index contributed by atoms with van der Waals surface area (Å²) in [4.78, 5) is 44.7. The van der Waals surface area contributed by atoms with Crippen LogP contribution in [0, 0.1) is 0 Å². The molecular formula is C22H24Cu2O4. The fourth-order valence-electron chi connectivity index (χ4n) is 2.06. The number of Topliss-reactive ketones (excluding diaryl/α,β-unsaturated/α-hetero) is 4. The second-order valence-corrected chi connectivity index (χ2v) is 5.72. The second-order valence-electron chi connectivity index (χ2n) is 5.72. The van der Waals surface area contributed by atoms with Crippen molar-refractivity contribution in [3.8, 4) is 0 Å². The van der Waals surface area contributed by atoms with Gasteiger partial charge in [0, 0.05) is 58.1 Å². The van der Waals surface area contributed by atoms with E-state index in [-0.39, 0.29) is 70.1 Å². The van der Waals surface area contributed by atoms with E-state index in [1.807, 2.05) is 12.1 Å².